The summed E-state index contributed by atoms with van der Waals surface area (Å²) in [5.74, 6) is 0. The van der Waals surface area contributed by atoms with Crippen LogP contribution in [-0.2, 0) is 52.1 Å². The number of aryl methyl sites for hydroxylation is 3. The van der Waals surface area contributed by atoms with Crippen LogP contribution in [-0.4, -0.2) is 87.5 Å². The van der Waals surface area contributed by atoms with Crippen LogP contribution in [0.4, 0.5) is 16.2 Å². The van der Waals surface area contributed by atoms with E-state index in [0.29, 0.717) is 18.7 Å². The third-order valence-corrected chi connectivity index (χ3v) is 14.8. The van der Waals surface area contributed by atoms with Gasteiger partial charge >= 0.3 is 16.2 Å². The third kappa shape index (κ3) is 7.05. The predicted molar refractivity (Wildman–Crippen MR) is 164 cm³/mol. The number of hydrogen-bond donors (Lipinski definition) is 2. The van der Waals surface area contributed by atoms with Gasteiger partial charge in [-0.15, -0.1) is 0 Å². The molecule has 2 amide bonds. The van der Waals surface area contributed by atoms with Crippen LogP contribution in [0.2, 0.25) is 18.1 Å². The number of anilines is 2. The number of carbonyl (C=O) groups excluding carboxylic acids is 1. The van der Waals surface area contributed by atoms with Crippen LogP contribution in [0.15, 0.2) is 18.5 Å². The Kier molecular flexibility index (Phi) is 9.75. The van der Waals surface area contributed by atoms with Gasteiger partial charge in [-0.2, -0.15) is 13.5 Å². The van der Waals surface area contributed by atoms with Crippen LogP contribution in [0.3, 0.4) is 0 Å². The number of ether oxygens (including phenoxy) is 1. The Hall–Kier alpha value is -1.41. The first-order valence-corrected chi connectivity index (χ1v) is 18.6. The van der Waals surface area contributed by atoms with E-state index < -0.39 is 24.6 Å². The molecular formula is C28H43N5NaO5SSi. The molecule has 1 aromatic carbocycles. The summed E-state index contributed by atoms with van der Waals surface area (Å²) in [7, 11) is -4.55. The predicted octanol–water partition coefficient (Wildman–Crippen LogP) is 4.07. The van der Waals surface area contributed by atoms with Crippen molar-refractivity contribution in [2.45, 2.75) is 96.1 Å². The minimum atomic E-state index is -4.27. The van der Waals surface area contributed by atoms with Crippen molar-refractivity contribution in [3.05, 3.63) is 40.7 Å². The fourth-order valence-electron chi connectivity index (χ4n) is 5.82. The third-order valence-electron chi connectivity index (χ3n) is 8.88. The Morgan fingerprint density at radius 2 is 1.80 bits per heavy atom. The molecule has 1 saturated heterocycles. The summed E-state index contributed by atoms with van der Waals surface area (Å²) in [5, 5.41) is 7.15. The Balaban J connectivity index is 0.00000387. The van der Waals surface area contributed by atoms with Gasteiger partial charge < -0.3 is 14.5 Å². The zero-order chi connectivity index (χ0) is 28.9. The van der Waals surface area contributed by atoms with E-state index in [1.54, 1.807) is 13.2 Å². The first-order valence-electron chi connectivity index (χ1n) is 14.3. The van der Waals surface area contributed by atoms with Crippen molar-refractivity contribution in [3.63, 3.8) is 0 Å². The number of amides is 2. The summed E-state index contributed by atoms with van der Waals surface area (Å²) in [4.78, 5) is 13.2. The first-order chi connectivity index (χ1) is 18.7. The first kappa shape index (κ1) is 32.5. The molecule has 0 unspecified atom stereocenters. The maximum Gasteiger partial charge on any atom is 0.334 e. The molecule has 1 aromatic heterocycles. The molecule has 13 heteroatoms. The van der Waals surface area contributed by atoms with E-state index in [-0.39, 0.29) is 53.3 Å². The van der Waals surface area contributed by atoms with E-state index in [1.165, 1.54) is 26.3 Å². The van der Waals surface area contributed by atoms with Gasteiger partial charge in [-0.05, 0) is 78.9 Å². The Bertz CT molecular complexity index is 1360. The van der Waals surface area contributed by atoms with Gasteiger partial charge in [-0.1, -0.05) is 26.8 Å². The summed E-state index contributed by atoms with van der Waals surface area (Å²) >= 11 is 0. The number of benzene rings is 1. The minimum Gasteiger partial charge on any atom is -0.411 e. The number of rotatable bonds is 8. The fourth-order valence-corrected chi connectivity index (χ4v) is 8.30. The summed E-state index contributed by atoms with van der Waals surface area (Å²) < 4.78 is 44.9. The van der Waals surface area contributed by atoms with Crippen LogP contribution in [0.5, 0.6) is 0 Å². The maximum atomic E-state index is 13.7. The number of hydrogen-bond acceptors (Lipinski definition) is 6. The van der Waals surface area contributed by atoms with E-state index in [1.807, 2.05) is 0 Å². The standard InChI is InChI=1S/C28H43N5O5SSi.Na/c1-28(2,3)40(5,6)38-23-14-22(37-18-23)17-33(21-15-29-32(4)16-21)39(35,36)31-27(34)30-26-24-11-7-9-19(24)13-20-10-8-12-25(20)26;/h13,15-16,22-23H,7-12,14,17-18H2,1-6H3,(H2,30,31,34);/t22-,23+;/m1./s1. The average molecular weight is 613 g/mol. The second-order valence-electron chi connectivity index (χ2n) is 12.9. The van der Waals surface area contributed by atoms with E-state index >= 15 is 0 Å². The summed E-state index contributed by atoms with van der Waals surface area (Å²) in [6.07, 6.45) is 9.06. The molecule has 0 saturated carbocycles. The quantitative estimate of drug-likeness (QED) is 0.435. The smallest absolute Gasteiger partial charge is 0.334 e. The zero-order valence-corrected chi connectivity index (χ0v) is 29.4. The zero-order valence-electron chi connectivity index (χ0n) is 25.5. The number of carbonyl (C=O) groups is 1. The molecule has 2 heterocycles. The normalized spacial score (nSPS) is 20.3. The van der Waals surface area contributed by atoms with Gasteiger partial charge in [-0.3, -0.25) is 4.68 Å². The van der Waals surface area contributed by atoms with Gasteiger partial charge in [0, 0.05) is 54.9 Å². The molecule has 2 atom stereocenters. The monoisotopic (exact) mass is 612 g/mol. The Labute approximate surface area is 267 Å². The number of nitrogens with one attached hydrogen (secondary N) is 2. The topological polar surface area (TPSA) is 115 Å². The van der Waals surface area contributed by atoms with E-state index in [4.69, 9.17) is 9.16 Å². The minimum absolute atomic E-state index is 0. The van der Waals surface area contributed by atoms with Crippen molar-refractivity contribution in [1.29, 1.82) is 0 Å². The Morgan fingerprint density at radius 3 is 2.37 bits per heavy atom. The van der Waals surface area contributed by atoms with Crippen molar-refractivity contribution >= 4 is 65.5 Å². The maximum absolute atomic E-state index is 13.7. The summed E-state index contributed by atoms with van der Waals surface area (Å²) in [6.45, 7) is 11.4. The van der Waals surface area contributed by atoms with E-state index in [2.05, 4.69) is 55.1 Å². The van der Waals surface area contributed by atoms with Crippen molar-refractivity contribution in [2.24, 2.45) is 7.05 Å². The molecule has 41 heavy (non-hydrogen) atoms. The van der Waals surface area contributed by atoms with E-state index in [9.17, 15) is 13.2 Å². The number of aromatic nitrogens is 2. The van der Waals surface area contributed by atoms with Crippen molar-refractivity contribution in [2.75, 3.05) is 22.8 Å². The molecule has 2 N–H and O–H groups in total. The van der Waals surface area contributed by atoms with Crippen LogP contribution in [0.25, 0.3) is 0 Å². The molecule has 2 aliphatic carbocycles. The van der Waals surface area contributed by atoms with Gasteiger partial charge in [0.25, 0.3) is 0 Å². The molecule has 0 spiro atoms. The van der Waals surface area contributed by atoms with Crippen LogP contribution in [0, 0.1) is 0 Å². The van der Waals surface area contributed by atoms with Gasteiger partial charge in [0.15, 0.2) is 8.32 Å². The Morgan fingerprint density at radius 1 is 1.17 bits per heavy atom. The van der Waals surface area contributed by atoms with Crippen molar-refractivity contribution in [1.82, 2.24) is 14.5 Å². The summed E-state index contributed by atoms with van der Waals surface area (Å²) in [6, 6.07) is 1.52. The molecule has 221 valence electrons. The number of nitrogens with zero attached hydrogens (tertiary/aromatic N) is 3. The molecule has 1 radical (unpaired) electrons. The number of urea groups is 1. The molecule has 0 bridgehead atoms. The molecular weight excluding hydrogens is 569 g/mol. The molecule has 10 nitrogen and oxygen atoms in total. The van der Waals surface area contributed by atoms with Crippen LogP contribution >= 0.6 is 0 Å². The molecule has 5 rings (SSSR count). The molecule has 1 fully saturated rings. The summed E-state index contributed by atoms with van der Waals surface area (Å²) in [5.41, 5.74) is 5.98. The molecule has 3 aliphatic rings. The largest absolute Gasteiger partial charge is 0.411 e. The molecule has 1 aliphatic heterocycles. The van der Waals surface area contributed by atoms with Crippen molar-refractivity contribution in [3.8, 4) is 0 Å². The van der Waals surface area contributed by atoms with Crippen LogP contribution in [0.1, 0.15) is 62.3 Å². The second-order valence-corrected chi connectivity index (χ2v) is 19.2. The molecule has 2 aromatic rings. The fraction of sp³-hybridized carbons (Fsp3) is 0.643. The van der Waals surface area contributed by atoms with Gasteiger partial charge in [0.2, 0.25) is 0 Å². The van der Waals surface area contributed by atoms with Crippen molar-refractivity contribution < 1.29 is 22.4 Å². The van der Waals surface area contributed by atoms with E-state index in [0.717, 1.165) is 55.3 Å². The van der Waals surface area contributed by atoms with Gasteiger partial charge in [0.05, 0.1) is 37.2 Å². The number of fused-ring (bicyclic) bond motifs is 2. The van der Waals surface area contributed by atoms with Crippen LogP contribution < -0.4 is 14.3 Å². The average Bonchev–Trinajstić information content (AvgIpc) is 3.63. The SMILES string of the molecule is Cn1cc(N(C[C@H]2C[C@H](O[Si](C)(C)C(C)(C)C)CO2)S(=O)(=O)NC(=O)Nc2c3c(cc4c2CCC4)CCC3)cn1.[Na]. The van der Waals surface area contributed by atoms with Gasteiger partial charge in [-0.25, -0.2) is 13.8 Å². The second kappa shape index (κ2) is 12.3. The van der Waals surface area contributed by atoms with Gasteiger partial charge in [0.1, 0.15) is 0 Å².